The minimum Gasteiger partial charge on any atom is -0.387 e. The molecule has 0 spiro atoms. The van der Waals surface area contributed by atoms with Crippen molar-refractivity contribution in [2.24, 2.45) is 0 Å². The normalized spacial score (nSPS) is 25.7. The van der Waals surface area contributed by atoms with Crippen LogP contribution in [0.25, 0.3) is 32.6 Å². The van der Waals surface area contributed by atoms with Gasteiger partial charge in [-0.3, -0.25) is 0 Å². The molecule has 1 aliphatic carbocycles. The van der Waals surface area contributed by atoms with Gasteiger partial charge in [0.15, 0.2) is 0 Å². The molecule has 26 heavy (non-hydrogen) atoms. The Bertz CT molecular complexity index is 1170. The molecule has 0 radical (unpaired) electrons. The van der Waals surface area contributed by atoms with E-state index in [1.807, 2.05) is 48.5 Å². The summed E-state index contributed by atoms with van der Waals surface area (Å²) in [7, 11) is 0. The second-order valence-corrected chi connectivity index (χ2v) is 6.85. The van der Waals surface area contributed by atoms with Crippen LogP contribution in [0.4, 0.5) is 0 Å². The summed E-state index contributed by atoms with van der Waals surface area (Å²) in [5.41, 5.74) is 2.08. The molecule has 130 valence electrons. The van der Waals surface area contributed by atoms with Crippen LogP contribution >= 0.6 is 0 Å². The Kier molecular flexibility index (Phi) is 3.29. The van der Waals surface area contributed by atoms with E-state index in [0.29, 0.717) is 16.6 Å². The zero-order chi connectivity index (χ0) is 18.0. The summed E-state index contributed by atoms with van der Waals surface area (Å²) >= 11 is 0. The molecule has 0 aliphatic heterocycles. The Hall–Kier alpha value is -2.57. The van der Waals surface area contributed by atoms with Gasteiger partial charge in [-0.15, -0.1) is 0 Å². The zero-order valence-electron chi connectivity index (χ0n) is 13.7. The van der Waals surface area contributed by atoms with Crippen LogP contribution in [-0.4, -0.2) is 37.6 Å². The van der Waals surface area contributed by atoms with Crippen molar-refractivity contribution in [2.45, 2.75) is 24.4 Å². The third-order valence-corrected chi connectivity index (χ3v) is 5.37. The van der Waals surface area contributed by atoms with Gasteiger partial charge < -0.3 is 20.4 Å². The highest BCUT2D eigenvalue weighted by Gasteiger charge is 2.40. The van der Waals surface area contributed by atoms with Crippen LogP contribution in [-0.2, 0) is 0 Å². The second kappa shape index (κ2) is 5.46. The maximum atomic E-state index is 10.5. The van der Waals surface area contributed by atoms with Gasteiger partial charge in [-0.2, -0.15) is 0 Å². The standard InChI is InChI=1S/C21H17NO4/c23-18-13-7-5-11-9-14-12-4-2-1-3-10(12)6-8-15(14)22-17(11)16(13)19(24)21(26)20(18)25/h1-9,18-21,23-26H/t18-,19-,20+,21-/m1/s1. The van der Waals surface area contributed by atoms with Crippen molar-refractivity contribution in [3.8, 4) is 0 Å². The van der Waals surface area contributed by atoms with E-state index in [0.717, 1.165) is 27.1 Å². The van der Waals surface area contributed by atoms with Gasteiger partial charge >= 0.3 is 0 Å². The molecule has 5 nitrogen and oxygen atoms in total. The summed E-state index contributed by atoms with van der Waals surface area (Å²) in [6.07, 6.45) is -5.46. The highest BCUT2D eigenvalue weighted by atomic mass is 16.4. The van der Waals surface area contributed by atoms with Gasteiger partial charge in [0.1, 0.15) is 24.4 Å². The number of aromatic nitrogens is 1. The van der Waals surface area contributed by atoms with Gasteiger partial charge in [-0.25, -0.2) is 4.98 Å². The number of hydrogen-bond acceptors (Lipinski definition) is 5. The number of hydrogen-bond donors (Lipinski definition) is 4. The molecule has 0 bridgehead atoms. The van der Waals surface area contributed by atoms with Crippen molar-refractivity contribution in [2.75, 3.05) is 0 Å². The Morgan fingerprint density at radius 1 is 0.692 bits per heavy atom. The Morgan fingerprint density at radius 2 is 1.42 bits per heavy atom. The molecule has 4 aromatic rings. The van der Waals surface area contributed by atoms with Gasteiger partial charge in [0.25, 0.3) is 0 Å². The lowest BCUT2D eigenvalue weighted by atomic mass is 9.82. The zero-order valence-corrected chi connectivity index (χ0v) is 13.7. The van der Waals surface area contributed by atoms with E-state index < -0.39 is 24.4 Å². The quantitative estimate of drug-likeness (QED) is 0.289. The predicted molar refractivity (Wildman–Crippen MR) is 98.7 cm³/mol. The minimum atomic E-state index is -1.46. The largest absolute Gasteiger partial charge is 0.387 e. The lowest BCUT2D eigenvalue weighted by Gasteiger charge is -2.35. The topological polar surface area (TPSA) is 93.8 Å². The van der Waals surface area contributed by atoms with Crippen molar-refractivity contribution in [1.82, 2.24) is 4.98 Å². The van der Waals surface area contributed by atoms with Crippen LogP contribution in [0.2, 0.25) is 0 Å². The number of aliphatic hydroxyl groups excluding tert-OH is 4. The van der Waals surface area contributed by atoms with Crippen LogP contribution in [0.3, 0.4) is 0 Å². The van der Waals surface area contributed by atoms with Gasteiger partial charge in [-0.05, 0) is 28.5 Å². The Morgan fingerprint density at radius 3 is 2.27 bits per heavy atom. The smallest absolute Gasteiger partial charge is 0.113 e. The third kappa shape index (κ3) is 2.03. The highest BCUT2D eigenvalue weighted by Crippen LogP contribution is 2.41. The molecule has 3 aromatic carbocycles. The Balaban J connectivity index is 1.88. The van der Waals surface area contributed by atoms with Crippen molar-refractivity contribution in [3.63, 3.8) is 0 Å². The maximum Gasteiger partial charge on any atom is 0.113 e. The first-order chi connectivity index (χ1) is 12.6. The summed E-state index contributed by atoms with van der Waals surface area (Å²) in [6.45, 7) is 0. The molecule has 1 heterocycles. The van der Waals surface area contributed by atoms with E-state index in [4.69, 9.17) is 4.98 Å². The lowest BCUT2D eigenvalue weighted by molar-refractivity contribution is -0.119. The summed E-state index contributed by atoms with van der Waals surface area (Å²) in [6, 6.07) is 17.5. The number of pyridine rings is 1. The maximum absolute atomic E-state index is 10.5. The molecule has 5 rings (SSSR count). The summed E-state index contributed by atoms with van der Waals surface area (Å²) in [5.74, 6) is 0. The van der Waals surface area contributed by atoms with Gasteiger partial charge in [-0.1, -0.05) is 42.5 Å². The monoisotopic (exact) mass is 347 g/mol. The van der Waals surface area contributed by atoms with Crippen LogP contribution < -0.4 is 0 Å². The molecular weight excluding hydrogens is 330 g/mol. The van der Waals surface area contributed by atoms with Gasteiger partial charge in [0.05, 0.1) is 11.0 Å². The van der Waals surface area contributed by atoms with Crippen molar-refractivity contribution >= 4 is 32.6 Å². The number of aliphatic hydroxyl groups is 4. The molecule has 0 fully saturated rings. The van der Waals surface area contributed by atoms with Crippen LogP contribution in [0.15, 0.2) is 54.6 Å². The van der Waals surface area contributed by atoms with Gasteiger partial charge in [0.2, 0.25) is 0 Å². The van der Waals surface area contributed by atoms with Crippen molar-refractivity contribution in [1.29, 1.82) is 0 Å². The minimum absolute atomic E-state index is 0.378. The molecule has 4 atom stereocenters. The first-order valence-electron chi connectivity index (χ1n) is 8.53. The van der Waals surface area contributed by atoms with Gasteiger partial charge in [0, 0.05) is 16.3 Å². The van der Waals surface area contributed by atoms with E-state index in [9.17, 15) is 20.4 Å². The summed E-state index contributed by atoms with van der Waals surface area (Å²) in [4.78, 5) is 4.72. The second-order valence-electron chi connectivity index (χ2n) is 6.85. The molecular formula is C21H17NO4. The molecule has 4 N–H and O–H groups in total. The van der Waals surface area contributed by atoms with E-state index in [2.05, 4.69) is 0 Å². The average Bonchev–Trinajstić information content (AvgIpc) is 2.68. The van der Waals surface area contributed by atoms with E-state index >= 15 is 0 Å². The molecule has 5 heteroatoms. The SMILES string of the molecule is O[C@@H]1[C@H](O)[C@H](O)c2c(ccc3cc4c(ccc5ccccc54)nc23)[C@H]1O. The molecule has 0 saturated heterocycles. The van der Waals surface area contributed by atoms with Crippen LogP contribution in [0.5, 0.6) is 0 Å². The number of fused-ring (bicyclic) bond motifs is 6. The summed E-state index contributed by atoms with van der Waals surface area (Å²) < 4.78 is 0. The molecule has 0 unspecified atom stereocenters. The lowest BCUT2D eigenvalue weighted by Crippen LogP contribution is -2.41. The van der Waals surface area contributed by atoms with E-state index in [1.165, 1.54) is 0 Å². The third-order valence-electron chi connectivity index (χ3n) is 5.37. The Labute approximate surface area is 148 Å². The number of rotatable bonds is 0. The van der Waals surface area contributed by atoms with Crippen molar-refractivity contribution in [3.05, 3.63) is 65.7 Å². The molecule has 0 amide bonds. The van der Waals surface area contributed by atoms with Crippen molar-refractivity contribution < 1.29 is 20.4 Å². The molecule has 1 aromatic heterocycles. The predicted octanol–water partition coefficient (Wildman–Crippen LogP) is 2.34. The number of benzene rings is 3. The first kappa shape index (κ1) is 15.7. The first-order valence-corrected chi connectivity index (χ1v) is 8.53. The van der Waals surface area contributed by atoms with Crippen LogP contribution in [0, 0.1) is 0 Å². The van der Waals surface area contributed by atoms with Crippen LogP contribution in [0.1, 0.15) is 23.3 Å². The van der Waals surface area contributed by atoms with E-state index in [1.54, 1.807) is 6.07 Å². The fraction of sp³-hybridized carbons (Fsp3) is 0.190. The molecule has 1 aliphatic rings. The molecule has 0 saturated carbocycles. The van der Waals surface area contributed by atoms with E-state index in [-0.39, 0.29) is 0 Å². The fourth-order valence-corrected chi connectivity index (χ4v) is 3.99. The summed E-state index contributed by atoms with van der Waals surface area (Å²) in [5, 5.41) is 44.8. The number of nitrogens with zero attached hydrogens (tertiary/aromatic N) is 1. The highest BCUT2D eigenvalue weighted by molar-refractivity contribution is 6.09. The average molecular weight is 347 g/mol. The fourth-order valence-electron chi connectivity index (χ4n) is 3.99.